The van der Waals surface area contributed by atoms with Crippen molar-refractivity contribution in [2.24, 2.45) is 0 Å². The number of esters is 1. The van der Waals surface area contributed by atoms with E-state index in [1.54, 1.807) is 34.8 Å². The first kappa shape index (κ1) is 212. The van der Waals surface area contributed by atoms with E-state index in [0.29, 0.717) is 0 Å². The summed E-state index contributed by atoms with van der Waals surface area (Å²) in [4.78, 5) is 47.5. The number of methoxy groups -OCH3 is 2. The number of rotatable bonds is 3. The smallest absolute Gasteiger partial charge is 1.00 e. The van der Waals surface area contributed by atoms with E-state index in [4.69, 9.17) is 65.0 Å². The molecule has 0 aromatic heterocycles. The third kappa shape index (κ3) is 6410. The third-order valence-electron chi connectivity index (χ3n) is 1.78. The van der Waals surface area contributed by atoms with E-state index in [-0.39, 0.29) is 199 Å². The minimum atomic E-state index is -1.17. The molecule has 87 heavy (non-hydrogen) atoms. The Labute approximate surface area is 707 Å². The number of carboxylic acid groups (broad SMARTS) is 1. The average molecular weight is 1560 g/mol. The van der Waals surface area contributed by atoms with E-state index in [1.165, 1.54) is 60.8 Å². The summed E-state index contributed by atoms with van der Waals surface area (Å²) in [5.41, 5.74) is -0.750. The second-order valence-corrected chi connectivity index (χ2v) is 12.0. The molecule has 546 valence electrons. The Morgan fingerprint density at radius 3 is 0.586 bits per heavy atom. The maximum atomic E-state index is 10.1. The number of aliphatic hydroxyl groups excluding tert-OH is 3. The molecule has 0 aliphatic carbocycles. The third-order valence-corrected chi connectivity index (χ3v) is 1.78. The molecule has 0 bridgehead atoms. The van der Waals surface area contributed by atoms with Crippen molar-refractivity contribution in [1.29, 1.82) is 0 Å². The van der Waals surface area contributed by atoms with Gasteiger partial charge >= 0.3 is 174 Å². The zero-order valence-electron chi connectivity index (χ0n) is 67.5. The van der Waals surface area contributed by atoms with E-state index in [1.807, 2.05) is 197 Å². The second kappa shape index (κ2) is 475. The molecule has 0 rings (SSSR count). The van der Waals surface area contributed by atoms with Crippen LogP contribution < -0.4 is 165 Å². The first-order chi connectivity index (χ1) is 38.5. The van der Waals surface area contributed by atoms with Gasteiger partial charge in [0.1, 0.15) is 12.6 Å². The molecule has 0 saturated heterocycles. The molecule has 0 aromatic rings. The van der Waals surface area contributed by atoms with Crippen LogP contribution in [0.5, 0.6) is 0 Å². The molecule has 26 heteroatoms. The summed E-state index contributed by atoms with van der Waals surface area (Å²) in [6, 6.07) is 0. The van der Waals surface area contributed by atoms with Crippen LogP contribution in [-0.2, 0) is 38.3 Å². The van der Waals surface area contributed by atoms with Crippen LogP contribution in [0.4, 0.5) is 0 Å². The minimum absolute atomic E-state index is 0. The van der Waals surface area contributed by atoms with Gasteiger partial charge in [-0.1, -0.05) is 270 Å². The summed E-state index contributed by atoms with van der Waals surface area (Å²) in [7, 11) is 2.70. The fraction of sp³-hybridized carbons (Fsp3) is 0.852. The van der Waals surface area contributed by atoms with Crippen molar-refractivity contribution in [3.63, 3.8) is 0 Å². The molecule has 0 amide bonds. The van der Waals surface area contributed by atoms with Gasteiger partial charge in [-0.3, -0.25) is 14.4 Å². The number of hydrogen-bond acceptors (Lipinski definition) is 17. The number of alkyl halides is 2. The second-order valence-electron chi connectivity index (χ2n) is 9.72. The van der Waals surface area contributed by atoms with Gasteiger partial charge in [0.05, 0.1) is 7.11 Å². The Morgan fingerprint density at radius 2 is 0.586 bits per heavy atom. The van der Waals surface area contributed by atoms with Crippen LogP contribution >= 0.6 is 48.8 Å². The average Bonchev–Trinajstić information content (AvgIpc) is 3.47. The summed E-state index contributed by atoms with van der Waals surface area (Å²) in [5, 5.41) is 80.1. The molecule has 0 spiro atoms. The number of unbranched alkanes of at least 4 members (excludes halogenated alkanes) is 1. The van der Waals surface area contributed by atoms with Crippen LogP contribution in [-0.4, -0.2) is 144 Å². The zero-order valence-corrected chi connectivity index (χ0v) is 80.7. The summed E-state index contributed by atoms with van der Waals surface area (Å²) in [6.45, 7) is 74.0. The summed E-state index contributed by atoms with van der Waals surface area (Å²) >= 11 is 6.29. The Morgan fingerprint density at radius 1 is 0.529 bits per heavy atom. The van der Waals surface area contributed by atoms with Crippen molar-refractivity contribution >= 4 is 94.1 Å². The Kier molecular flexibility index (Phi) is 1160. The van der Waals surface area contributed by atoms with E-state index in [0.717, 1.165) is 51.0 Å². The van der Waals surface area contributed by atoms with Gasteiger partial charge in [-0.15, -0.1) is 22.6 Å². The van der Waals surface area contributed by atoms with Gasteiger partial charge in [-0.2, -0.15) is 0 Å². The number of carbonyl (C=O) groups is 5. The van der Waals surface area contributed by atoms with Gasteiger partial charge in [0.2, 0.25) is 0 Å². The van der Waals surface area contributed by atoms with Gasteiger partial charge in [0.15, 0.2) is 0 Å². The topological polar surface area (TPSA) is 321 Å². The molecule has 0 radical (unpaired) electrons. The Balaban J connectivity index is -0.0000000116. The van der Waals surface area contributed by atoms with Gasteiger partial charge in [0.25, 0.3) is 12.4 Å². The van der Waals surface area contributed by atoms with Gasteiger partial charge in [-0.05, 0) is 69.0 Å². The van der Waals surface area contributed by atoms with Crippen molar-refractivity contribution in [3.8, 4) is 0 Å². The van der Waals surface area contributed by atoms with Crippen LogP contribution in [0, 0.1) is 0 Å². The number of aldehydes is 2. The molecular formula is C61H164B2Br3K3O18. The zero-order chi connectivity index (χ0) is 74.8. The van der Waals surface area contributed by atoms with Crippen LogP contribution in [0.2, 0.25) is 13.6 Å². The molecule has 0 aliphatic rings. The van der Waals surface area contributed by atoms with Crippen molar-refractivity contribution in [2.75, 3.05) is 52.3 Å². The molecule has 0 heterocycles. The van der Waals surface area contributed by atoms with Crippen molar-refractivity contribution < 1.29 is 245 Å². The first-order valence-corrected chi connectivity index (χ1v) is 31.2. The maximum Gasteiger partial charge on any atom is 1.00 e. The molecular weight excluding hydrogens is 1400 g/mol. The molecule has 0 unspecified atom stereocenters. The maximum absolute atomic E-state index is 10.1. The molecule has 8 N–H and O–H groups in total. The van der Waals surface area contributed by atoms with Gasteiger partial charge in [0, 0.05) is 59.1 Å². The largest absolute Gasteiger partial charge is 1.00 e. The normalized spacial score (nSPS) is 5.68. The minimum Gasteiger partial charge on any atom is -1.00 e. The molecule has 0 fully saturated rings. The number of carboxylic acids is 1. The number of aliphatic hydroxyl groups is 3. The number of halogens is 3. The number of carbonyl (C=O) groups excluding carboxylic acids is 4. The van der Waals surface area contributed by atoms with E-state index < -0.39 is 25.8 Å². The van der Waals surface area contributed by atoms with E-state index >= 15 is 0 Å². The van der Waals surface area contributed by atoms with E-state index in [2.05, 4.69) is 73.9 Å². The first-order valence-electron chi connectivity index (χ1n) is 29.0. The predicted molar refractivity (Wildman–Crippen MR) is 397 cm³/mol. The summed E-state index contributed by atoms with van der Waals surface area (Å²) in [6.07, 6.45) is 13.4. The quantitative estimate of drug-likeness (QED) is 0.0252. The van der Waals surface area contributed by atoms with Crippen molar-refractivity contribution in [1.82, 2.24) is 0 Å². The molecule has 0 atom stereocenters. The molecule has 0 saturated carbocycles. The Bertz CT molecular complexity index is 630. The van der Waals surface area contributed by atoms with Crippen molar-refractivity contribution in [2.45, 2.75) is 302 Å². The van der Waals surface area contributed by atoms with Crippen LogP contribution in [0.3, 0.4) is 0 Å². The van der Waals surface area contributed by atoms with Gasteiger partial charge in [-0.25, -0.2) is 0 Å². The van der Waals surface area contributed by atoms with Crippen LogP contribution in [0.1, 0.15) is 284 Å². The van der Waals surface area contributed by atoms with Crippen molar-refractivity contribution in [3.05, 3.63) is 24.3 Å². The Hall–Kier alpha value is 3.31. The molecule has 0 aliphatic heterocycles. The summed E-state index contributed by atoms with van der Waals surface area (Å²) < 4.78 is 8.65. The standard InChI is InChI=1S/C4H9O.C4H10.2C4H8.C3H6O2.C3H8O.C3H8.2C2H5Br.C2H4O2.C2H6O.2C2H4O.9C2H6.2CH5BO2.CH2O3.2CH4O.CH4.BrH.3K.H/c1-4(2,3)5;3*1-3-4-2;1-3(4)5-2;1-3-4-2;1-3-2;2*1-2-3;1-2(3)4;3*1-2-3;9*1-2;2*1-2(3)4;2-1-4-3;2*1-2;;;;;;/h1-3H3;3-4H2,1-2H3;2*3-4H,1-2H3;1-2H3;3H2,1-2H3;3H2,1-2H3;2*2H2,1H3;1H3,(H,3,4);3H,2H2,1H3;2*2H,1H3;9*1-2H3;2*3-4H,1H3;1,3H;2*2H,1H3;1H4;1H;;;;/q-1;;;;;;;;;;;;;;;;;;;;;;;;;;;;;3*+1;-1/p-1. The fourth-order valence-electron chi connectivity index (χ4n) is 0. The fourth-order valence-corrected chi connectivity index (χ4v) is 0. The number of hydrogen-bond donors (Lipinski definition) is 8. The predicted octanol–water partition coefficient (Wildman–Crippen LogP) is 8.07. The molecule has 0 aromatic carbocycles. The molecule has 18 nitrogen and oxygen atoms in total. The summed E-state index contributed by atoms with van der Waals surface area (Å²) in [5.74, 6) is -1.08. The van der Waals surface area contributed by atoms with Gasteiger partial charge < -0.3 is 76.3 Å². The van der Waals surface area contributed by atoms with Crippen LogP contribution in [0.25, 0.3) is 0 Å². The SMILES string of the molecule is Br.C.CB(O)O.CB(O)O.CC.CC.CC.CC.CC.CC.CC.CC.CC.CC(=O)O.CC(C)(C)[O-].CC=CC.CC=CC.CC=O.CC=O.CCBr.CCBr.CCC.CCCC.CCO.CCOC.CO.CO.COC(C)=O.O=CO[O-].[H-].[K+].[K+].[K+]. The monoisotopic (exact) mass is 1560 g/mol. The van der Waals surface area contributed by atoms with Crippen LogP contribution in [0.15, 0.2) is 24.3 Å². The number of allylic oxidation sites excluding steroid dienone is 4. The number of aliphatic carboxylic acids is 1. The van der Waals surface area contributed by atoms with E-state index in [9.17, 15) is 9.90 Å². The number of ether oxygens (including phenoxy) is 2.